The van der Waals surface area contributed by atoms with Gasteiger partial charge < -0.3 is 5.11 Å². The van der Waals surface area contributed by atoms with E-state index in [1.54, 1.807) is 0 Å². The number of rotatable bonds is 4. The molecule has 1 aromatic carbocycles. The van der Waals surface area contributed by atoms with E-state index in [1.807, 2.05) is 0 Å². The van der Waals surface area contributed by atoms with Crippen molar-refractivity contribution in [1.29, 1.82) is 0 Å². The number of halogens is 1. The van der Waals surface area contributed by atoms with Crippen molar-refractivity contribution in [3.63, 3.8) is 0 Å². The van der Waals surface area contributed by atoms with Crippen LogP contribution in [0.3, 0.4) is 0 Å². The molecule has 0 aliphatic carbocycles. The highest BCUT2D eigenvalue weighted by Gasteiger charge is 2.19. The molecule has 3 N–H and O–H groups in total. The fourth-order valence-electron chi connectivity index (χ4n) is 1.57. The van der Waals surface area contributed by atoms with Gasteiger partial charge >= 0.3 is 0 Å². The number of hydrogen-bond donors (Lipinski definition) is 3. The van der Waals surface area contributed by atoms with E-state index in [1.165, 1.54) is 18.5 Å². The summed E-state index contributed by atoms with van der Waals surface area (Å²) >= 11 is 0. The molecule has 21 heavy (non-hydrogen) atoms. The van der Waals surface area contributed by atoms with Crippen LogP contribution in [-0.2, 0) is 16.6 Å². The first-order valence-electron chi connectivity index (χ1n) is 5.89. The minimum absolute atomic E-state index is 0.00431. The van der Waals surface area contributed by atoms with Crippen LogP contribution in [0.5, 0.6) is 0 Å². The maximum atomic E-state index is 13.9. The Balaban J connectivity index is 2.19. The van der Waals surface area contributed by atoms with Crippen LogP contribution < -0.4 is 4.72 Å². The second-order valence-corrected chi connectivity index (χ2v) is 5.77. The number of nitrogens with one attached hydrogen (secondary N) is 2. The topological polar surface area (TPSA) is 95.1 Å². The molecule has 8 heteroatoms. The van der Waals surface area contributed by atoms with Crippen molar-refractivity contribution in [2.75, 3.05) is 6.61 Å². The molecule has 0 atom stereocenters. The standard InChI is InChI=1S/C13H12FN3O3S/c14-12-6-10(2-1-5-18)3-4-13(12)21(19,20)17-9-11-7-15-16-8-11/h3-4,6-8,17-18H,5,9H2,(H,15,16). The van der Waals surface area contributed by atoms with Gasteiger partial charge in [-0.1, -0.05) is 11.8 Å². The smallest absolute Gasteiger partial charge is 0.243 e. The Hall–Kier alpha value is -2.21. The zero-order valence-corrected chi connectivity index (χ0v) is 11.6. The van der Waals surface area contributed by atoms with Gasteiger partial charge in [-0.3, -0.25) is 5.10 Å². The minimum Gasteiger partial charge on any atom is -0.384 e. The van der Waals surface area contributed by atoms with Gasteiger partial charge in [0, 0.05) is 23.9 Å². The number of aliphatic hydroxyl groups is 1. The van der Waals surface area contributed by atoms with Crippen LogP contribution in [0.25, 0.3) is 0 Å². The highest BCUT2D eigenvalue weighted by molar-refractivity contribution is 7.89. The average molecular weight is 309 g/mol. The fraction of sp³-hybridized carbons (Fsp3) is 0.154. The zero-order valence-electron chi connectivity index (χ0n) is 10.8. The molecule has 6 nitrogen and oxygen atoms in total. The predicted molar refractivity (Wildman–Crippen MR) is 73.0 cm³/mol. The van der Waals surface area contributed by atoms with Gasteiger partial charge in [0.15, 0.2) is 0 Å². The molecule has 0 radical (unpaired) electrons. The maximum absolute atomic E-state index is 13.9. The van der Waals surface area contributed by atoms with Gasteiger partial charge in [-0.05, 0) is 18.2 Å². The quantitative estimate of drug-likeness (QED) is 0.711. The molecular weight excluding hydrogens is 297 g/mol. The van der Waals surface area contributed by atoms with Crippen LogP contribution in [0, 0.1) is 17.7 Å². The Bertz CT molecular complexity index is 777. The van der Waals surface area contributed by atoms with Crippen molar-refractivity contribution >= 4 is 10.0 Å². The molecule has 0 saturated carbocycles. The number of aromatic amines is 1. The molecule has 2 aromatic rings. The van der Waals surface area contributed by atoms with Crippen LogP contribution >= 0.6 is 0 Å². The van der Waals surface area contributed by atoms with Crippen molar-refractivity contribution in [3.05, 3.63) is 47.5 Å². The number of hydrogen-bond acceptors (Lipinski definition) is 4. The molecule has 0 amide bonds. The zero-order chi connectivity index (χ0) is 15.3. The molecule has 110 valence electrons. The third kappa shape index (κ3) is 3.88. The van der Waals surface area contributed by atoms with Gasteiger partial charge in [0.05, 0.1) is 6.20 Å². The number of H-pyrrole nitrogens is 1. The first-order valence-corrected chi connectivity index (χ1v) is 7.38. The summed E-state index contributed by atoms with van der Waals surface area (Å²) in [6.07, 6.45) is 3.00. The first kappa shape index (κ1) is 15.2. The summed E-state index contributed by atoms with van der Waals surface area (Å²) in [5.74, 6) is 3.95. The Morgan fingerprint density at radius 2 is 2.24 bits per heavy atom. The third-order valence-electron chi connectivity index (χ3n) is 2.55. The number of sulfonamides is 1. The van der Waals surface area contributed by atoms with Crippen LogP contribution in [-0.4, -0.2) is 30.3 Å². The summed E-state index contributed by atoms with van der Waals surface area (Å²) in [4.78, 5) is -0.458. The van der Waals surface area contributed by atoms with Crippen molar-refractivity contribution in [1.82, 2.24) is 14.9 Å². The lowest BCUT2D eigenvalue weighted by Crippen LogP contribution is -2.24. The predicted octanol–water partition coefficient (Wildman–Crippen LogP) is 0.371. The van der Waals surface area contributed by atoms with Crippen molar-refractivity contribution < 1.29 is 17.9 Å². The van der Waals surface area contributed by atoms with E-state index in [0.717, 1.165) is 12.1 Å². The van der Waals surface area contributed by atoms with E-state index >= 15 is 0 Å². The van der Waals surface area contributed by atoms with Crippen LogP contribution in [0.2, 0.25) is 0 Å². The molecule has 0 aliphatic heterocycles. The summed E-state index contributed by atoms with van der Waals surface area (Å²) in [5, 5.41) is 14.8. The summed E-state index contributed by atoms with van der Waals surface area (Å²) in [6, 6.07) is 3.52. The molecule has 1 heterocycles. The Morgan fingerprint density at radius 3 is 2.86 bits per heavy atom. The average Bonchev–Trinajstić information content (AvgIpc) is 2.96. The summed E-state index contributed by atoms with van der Waals surface area (Å²) < 4.78 is 40.2. The summed E-state index contributed by atoms with van der Waals surface area (Å²) in [7, 11) is -3.97. The van der Waals surface area contributed by atoms with Gasteiger partial charge in [-0.25, -0.2) is 17.5 Å². The normalized spacial score (nSPS) is 11.0. The van der Waals surface area contributed by atoms with E-state index in [4.69, 9.17) is 5.11 Å². The minimum atomic E-state index is -3.97. The summed E-state index contributed by atoms with van der Waals surface area (Å²) in [5.41, 5.74) is 0.916. The Kier molecular flexibility index (Phi) is 4.70. The monoisotopic (exact) mass is 309 g/mol. The molecular formula is C13H12FN3O3S. The Morgan fingerprint density at radius 1 is 1.43 bits per heavy atom. The first-order chi connectivity index (χ1) is 10.0. The van der Waals surface area contributed by atoms with E-state index in [2.05, 4.69) is 26.8 Å². The van der Waals surface area contributed by atoms with Crippen molar-refractivity contribution in [3.8, 4) is 11.8 Å². The SMILES string of the molecule is O=S(=O)(NCc1cn[nH]c1)c1ccc(C#CCO)cc1F. The largest absolute Gasteiger partial charge is 0.384 e. The molecule has 0 aliphatic rings. The fourth-order valence-corrected chi connectivity index (χ4v) is 2.64. The van der Waals surface area contributed by atoms with Gasteiger partial charge in [0.25, 0.3) is 0 Å². The highest BCUT2D eigenvalue weighted by atomic mass is 32.2. The number of nitrogens with zero attached hydrogens (tertiary/aromatic N) is 1. The lowest BCUT2D eigenvalue weighted by molar-refractivity contribution is 0.350. The van der Waals surface area contributed by atoms with E-state index in [0.29, 0.717) is 5.56 Å². The van der Waals surface area contributed by atoms with Gasteiger partial charge in [0.1, 0.15) is 17.3 Å². The number of aromatic nitrogens is 2. The lowest BCUT2D eigenvalue weighted by Gasteiger charge is -2.07. The molecule has 0 saturated heterocycles. The van der Waals surface area contributed by atoms with Crippen molar-refractivity contribution in [2.45, 2.75) is 11.4 Å². The molecule has 1 aromatic heterocycles. The van der Waals surface area contributed by atoms with Gasteiger partial charge in [0.2, 0.25) is 10.0 Å². The number of benzene rings is 1. The van der Waals surface area contributed by atoms with Crippen LogP contribution in [0.1, 0.15) is 11.1 Å². The molecule has 0 spiro atoms. The van der Waals surface area contributed by atoms with Crippen molar-refractivity contribution in [2.24, 2.45) is 0 Å². The van der Waals surface area contributed by atoms with E-state index in [-0.39, 0.29) is 18.7 Å². The van der Waals surface area contributed by atoms with Gasteiger partial charge in [-0.2, -0.15) is 5.10 Å². The summed E-state index contributed by atoms with van der Waals surface area (Å²) in [6.45, 7) is -0.349. The van der Waals surface area contributed by atoms with Gasteiger partial charge in [-0.15, -0.1) is 0 Å². The van der Waals surface area contributed by atoms with Crippen LogP contribution in [0.4, 0.5) is 4.39 Å². The molecule has 0 bridgehead atoms. The third-order valence-corrected chi connectivity index (χ3v) is 3.99. The maximum Gasteiger partial charge on any atom is 0.243 e. The van der Waals surface area contributed by atoms with E-state index in [9.17, 15) is 12.8 Å². The highest BCUT2D eigenvalue weighted by Crippen LogP contribution is 2.16. The molecule has 2 rings (SSSR count). The lowest BCUT2D eigenvalue weighted by atomic mass is 10.2. The second-order valence-electron chi connectivity index (χ2n) is 4.04. The van der Waals surface area contributed by atoms with Crippen LogP contribution in [0.15, 0.2) is 35.5 Å². The van der Waals surface area contributed by atoms with E-state index < -0.39 is 20.7 Å². The molecule has 0 unspecified atom stereocenters. The molecule has 0 fully saturated rings. The Labute approximate surface area is 121 Å². The number of aliphatic hydroxyl groups excluding tert-OH is 1. The second kappa shape index (κ2) is 6.49.